The van der Waals surface area contributed by atoms with E-state index >= 15 is 0 Å². The van der Waals surface area contributed by atoms with Crippen LogP contribution in [0.15, 0.2) is 35.2 Å². The molecule has 0 saturated carbocycles. The number of thiazole rings is 2. The molecule has 0 saturated heterocycles. The number of fused-ring (bicyclic) bond motifs is 1. The van der Waals surface area contributed by atoms with Gasteiger partial charge in [0.25, 0.3) is 0 Å². The van der Waals surface area contributed by atoms with E-state index in [-0.39, 0.29) is 6.42 Å². The number of aryl methyl sites for hydroxylation is 2. The minimum absolute atomic E-state index is 0.116. The number of alkyl halides is 3. The summed E-state index contributed by atoms with van der Waals surface area (Å²) in [6, 6.07) is 6.80. The van der Waals surface area contributed by atoms with Crippen LogP contribution in [-0.4, -0.2) is 21.0 Å². The molecule has 2 aromatic heterocycles. The van der Waals surface area contributed by atoms with Gasteiger partial charge in [0.1, 0.15) is 15.8 Å². The molecule has 0 spiro atoms. The fourth-order valence-electron chi connectivity index (χ4n) is 3.21. The summed E-state index contributed by atoms with van der Waals surface area (Å²) in [5.74, 6) is -1.66. The van der Waals surface area contributed by atoms with Crippen molar-refractivity contribution in [1.29, 1.82) is 0 Å². The molecule has 33 heavy (non-hydrogen) atoms. The van der Waals surface area contributed by atoms with Crippen molar-refractivity contribution in [2.45, 2.75) is 37.1 Å². The van der Waals surface area contributed by atoms with Crippen molar-refractivity contribution in [1.82, 2.24) is 9.97 Å². The third-order valence-corrected chi connectivity index (χ3v) is 8.18. The number of carbonyl (C=O) groups is 1. The molecule has 4 nitrogen and oxygen atoms in total. The molecule has 0 fully saturated rings. The molecule has 2 aromatic carbocycles. The van der Waals surface area contributed by atoms with Crippen LogP contribution in [0.3, 0.4) is 0 Å². The van der Waals surface area contributed by atoms with Gasteiger partial charge in [0.15, 0.2) is 0 Å². The Kier molecular flexibility index (Phi) is 6.47. The Bertz CT molecular complexity index is 1360. The maximum absolute atomic E-state index is 14.0. The number of thioether (sulfide) groups is 1. The van der Waals surface area contributed by atoms with Crippen LogP contribution < -0.4 is 0 Å². The molecular formula is C22H16F4N2O2S3. The maximum atomic E-state index is 14.0. The molecule has 4 rings (SSSR count). The van der Waals surface area contributed by atoms with E-state index in [1.54, 1.807) is 11.8 Å². The van der Waals surface area contributed by atoms with Crippen molar-refractivity contribution in [3.05, 3.63) is 62.9 Å². The zero-order valence-electron chi connectivity index (χ0n) is 17.3. The smallest absolute Gasteiger partial charge is 0.419 e. The molecule has 0 aliphatic heterocycles. The van der Waals surface area contributed by atoms with Crippen molar-refractivity contribution in [2.24, 2.45) is 0 Å². The van der Waals surface area contributed by atoms with Gasteiger partial charge in [-0.05, 0) is 43.7 Å². The van der Waals surface area contributed by atoms with Gasteiger partial charge in [-0.25, -0.2) is 14.4 Å². The van der Waals surface area contributed by atoms with Crippen molar-refractivity contribution >= 4 is 50.6 Å². The summed E-state index contributed by atoms with van der Waals surface area (Å²) in [6.45, 7) is 3.73. The highest BCUT2D eigenvalue weighted by Gasteiger charge is 2.34. The van der Waals surface area contributed by atoms with Crippen LogP contribution in [0.5, 0.6) is 0 Å². The van der Waals surface area contributed by atoms with Crippen molar-refractivity contribution < 1.29 is 27.5 Å². The van der Waals surface area contributed by atoms with Crippen LogP contribution >= 0.6 is 34.4 Å². The van der Waals surface area contributed by atoms with E-state index in [1.807, 2.05) is 26.0 Å². The zero-order valence-corrected chi connectivity index (χ0v) is 19.7. The topological polar surface area (TPSA) is 63.1 Å². The minimum atomic E-state index is -4.74. The predicted molar refractivity (Wildman–Crippen MR) is 123 cm³/mol. The predicted octanol–water partition coefficient (Wildman–Crippen LogP) is 7.11. The van der Waals surface area contributed by atoms with E-state index < -0.39 is 23.5 Å². The number of hydrogen-bond donors (Lipinski definition) is 1. The Hall–Kier alpha value is -2.50. The van der Waals surface area contributed by atoms with E-state index in [4.69, 9.17) is 5.11 Å². The molecule has 0 bridgehead atoms. The minimum Gasteiger partial charge on any atom is -0.481 e. The standard InChI is InChI=1S/C22H16F4N2O2S3/c1-10-5-13(7-16-20(10)28-18(32-16)8-19(29)30)31-9-17-11(2)27-21(33-17)12-3-4-14(15(23)6-12)22(24,25)26/h3-7H,8-9H2,1-2H3,(H,29,30). The lowest BCUT2D eigenvalue weighted by Gasteiger charge is -2.08. The van der Waals surface area contributed by atoms with E-state index in [0.29, 0.717) is 21.3 Å². The second-order valence-electron chi connectivity index (χ2n) is 7.27. The summed E-state index contributed by atoms with van der Waals surface area (Å²) >= 11 is 4.24. The third-order valence-electron chi connectivity index (χ3n) is 4.79. The fraction of sp³-hybridized carbons (Fsp3) is 0.227. The Morgan fingerprint density at radius 1 is 1.12 bits per heavy atom. The zero-order chi connectivity index (χ0) is 23.9. The SMILES string of the molecule is Cc1nc(-c2ccc(C(F)(F)F)c(F)c2)sc1CSc1cc(C)c2nc(CC(=O)O)sc2c1. The Labute approximate surface area is 198 Å². The number of carboxylic acid groups (broad SMARTS) is 1. The first-order valence-electron chi connectivity index (χ1n) is 9.59. The van der Waals surface area contributed by atoms with Crippen LogP contribution in [0, 0.1) is 19.7 Å². The highest BCUT2D eigenvalue weighted by molar-refractivity contribution is 7.98. The molecule has 2 heterocycles. The normalized spacial score (nSPS) is 11.9. The summed E-state index contributed by atoms with van der Waals surface area (Å²) in [6.07, 6.45) is -4.86. The lowest BCUT2D eigenvalue weighted by Crippen LogP contribution is -2.07. The van der Waals surface area contributed by atoms with Gasteiger partial charge < -0.3 is 5.11 Å². The Morgan fingerprint density at radius 3 is 2.55 bits per heavy atom. The summed E-state index contributed by atoms with van der Waals surface area (Å²) in [5.41, 5.74) is 1.49. The van der Waals surface area contributed by atoms with Crippen LogP contribution in [0.4, 0.5) is 17.6 Å². The number of benzene rings is 2. The Balaban J connectivity index is 1.53. The van der Waals surface area contributed by atoms with Gasteiger partial charge >= 0.3 is 12.1 Å². The van der Waals surface area contributed by atoms with Crippen molar-refractivity contribution in [2.75, 3.05) is 0 Å². The van der Waals surface area contributed by atoms with Crippen LogP contribution in [0.25, 0.3) is 20.8 Å². The first-order valence-corrected chi connectivity index (χ1v) is 12.2. The first-order chi connectivity index (χ1) is 15.5. The molecule has 172 valence electrons. The van der Waals surface area contributed by atoms with E-state index in [0.717, 1.165) is 43.4 Å². The van der Waals surface area contributed by atoms with Gasteiger partial charge in [-0.2, -0.15) is 13.2 Å². The van der Waals surface area contributed by atoms with Gasteiger partial charge in [0.2, 0.25) is 0 Å². The lowest BCUT2D eigenvalue weighted by atomic mass is 10.1. The fourth-order valence-corrected chi connectivity index (χ4v) is 6.60. The number of halogens is 4. The largest absolute Gasteiger partial charge is 0.481 e. The summed E-state index contributed by atoms with van der Waals surface area (Å²) < 4.78 is 53.3. The molecular weight excluding hydrogens is 496 g/mol. The van der Waals surface area contributed by atoms with Crippen molar-refractivity contribution in [3.63, 3.8) is 0 Å². The van der Waals surface area contributed by atoms with E-state index in [1.165, 1.54) is 28.7 Å². The van der Waals surface area contributed by atoms with E-state index in [2.05, 4.69) is 9.97 Å². The third kappa shape index (κ3) is 5.20. The monoisotopic (exact) mass is 512 g/mol. The number of nitrogens with zero attached hydrogens (tertiary/aromatic N) is 2. The summed E-state index contributed by atoms with van der Waals surface area (Å²) in [4.78, 5) is 21.7. The van der Waals surface area contributed by atoms with Gasteiger partial charge in [-0.1, -0.05) is 6.07 Å². The summed E-state index contributed by atoms with van der Waals surface area (Å²) in [7, 11) is 0. The van der Waals surface area contributed by atoms with Crippen LogP contribution in [-0.2, 0) is 23.1 Å². The second kappa shape index (κ2) is 9.03. The number of rotatable bonds is 6. The quantitative estimate of drug-likeness (QED) is 0.220. The number of carboxylic acids is 1. The molecule has 0 aliphatic rings. The number of aromatic nitrogens is 2. The van der Waals surface area contributed by atoms with Gasteiger partial charge in [0.05, 0.1) is 27.9 Å². The maximum Gasteiger partial charge on any atom is 0.419 e. The van der Waals surface area contributed by atoms with Gasteiger partial charge in [-0.3, -0.25) is 4.79 Å². The average molecular weight is 513 g/mol. The van der Waals surface area contributed by atoms with Crippen LogP contribution in [0.2, 0.25) is 0 Å². The van der Waals surface area contributed by atoms with Crippen molar-refractivity contribution in [3.8, 4) is 10.6 Å². The van der Waals surface area contributed by atoms with Gasteiger partial charge in [-0.15, -0.1) is 34.4 Å². The number of aliphatic carboxylic acids is 1. The molecule has 0 unspecified atom stereocenters. The molecule has 0 atom stereocenters. The highest BCUT2D eigenvalue weighted by atomic mass is 32.2. The molecule has 0 aliphatic carbocycles. The molecule has 4 aromatic rings. The van der Waals surface area contributed by atoms with E-state index in [9.17, 15) is 22.4 Å². The highest BCUT2D eigenvalue weighted by Crippen LogP contribution is 2.37. The number of hydrogen-bond acceptors (Lipinski definition) is 6. The van der Waals surface area contributed by atoms with Crippen LogP contribution in [0.1, 0.15) is 26.7 Å². The summed E-state index contributed by atoms with van der Waals surface area (Å²) in [5, 5.41) is 10.00. The lowest BCUT2D eigenvalue weighted by molar-refractivity contribution is -0.140. The second-order valence-corrected chi connectivity index (χ2v) is 10.5. The molecule has 0 radical (unpaired) electrons. The first kappa shape index (κ1) is 23.7. The van der Waals surface area contributed by atoms with Gasteiger partial charge in [0, 0.05) is 21.1 Å². The molecule has 0 amide bonds. The molecule has 1 N–H and O–H groups in total. The molecule has 11 heteroatoms. The average Bonchev–Trinajstić information content (AvgIpc) is 3.28. The Morgan fingerprint density at radius 2 is 1.88 bits per heavy atom.